The molecule has 3 nitrogen and oxygen atoms in total. The minimum absolute atomic E-state index is 0.0660. The molecule has 0 aliphatic carbocycles. The van der Waals surface area contributed by atoms with Gasteiger partial charge in [0.05, 0.1) is 11.6 Å². The van der Waals surface area contributed by atoms with Gasteiger partial charge in [0, 0.05) is 16.0 Å². The molecule has 0 aliphatic rings. The van der Waals surface area contributed by atoms with Crippen LogP contribution >= 0.6 is 31.9 Å². The lowest BCUT2D eigenvalue weighted by Gasteiger charge is -2.26. The van der Waals surface area contributed by atoms with Crippen molar-refractivity contribution in [3.63, 3.8) is 0 Å². The first kappa shape index (κ1) is 16.0. The molecule has 0 radical (unpaired) electrons. The van der Waals surface area contributed by atoms with Crippen molar-refractivity contribution in [1.29, 1.82) is 0 Å². The molecule has 2 aromatic rings. The van der Waals surface area contributed by atoms with E-state index in [1.807, 2.05) is 31.2 Å². The highest BCUT2D eigenvalue weighted by molar-refractivity contribution is 9.11. The van der Waals surface area contributed by atoms with Crippen molar-refractivity contribution in [2.24, 2.45) is 0 Å². The van der Waals surface area contributed by atoms with Crippen LogP contribution in [-0.2, 0) is 0 Å². The SMILES string of the molecule is CC(c1ccc(O)cc1)N(C)C(=O)c1cc(Br)ccc1Br. The third-order valence-corrected chi connectivity index (χ3v) is 4.62. The van der Waals surface area contributed by atoms with Crippen molar-refractivity contribution in [2.75, 3.05) is 7.05 Å². The molecule has 21 heavy (non-hydrogen) atoms. The highest BCUT2D eigenvalue weighted by atomic mass is 79.9. The quantitative estimate of drug-likeness (QED) is 0.789. The third kappa shape index (κ3) is 3.66. The second-order valence-electron chi connectivity index (χ2n) is 4.81. The predicted octanol–water partition coefficient (Wildman–Crippen LogP) is 4.75. The van der Waals surface area contributed by atoms with Crippen LogP contribution in [0.2, 0.25) is 0 Å². The number of hydrogen-bond acceptors (Lipinski definition) is 2. The van der Waals surface area contributed by atoms with Gasteiger partial charge in [-0.05, 0) is 58.7 Å². The summed E-state index contributed by atoms with van der Waals surface area (Å²) >= 11 is 6.80. The summed E-state index contributed by atoms with van der Waals surface area (Å²) in [5, 5.41) is 9.34. The lowest BCUT2D eigenvalue weighted by molar-refractivity contribution is 0.0741. The minimum Gasteiger partial charge on any atom is -0.508 e. The van der Waals surface area contributed by atoms with E-state index in [0.717, 1.165) is 14.5 Å². The molecule has 1 N–H and O–H groups in total. The fourth-order valence-electron chi connectivity index (χ4n) is 2.00. The third-order valence-electron chi connectivity index (χ3n) is 3.44. The fraction of sp³-hybridized carbons (Fsp3) is 0.188. The van der Waals surface area contributed by atoms with Gasteiger partial charge >= 0.3 is 0 Å². The molecule has 0 fully saturated rings. The maximum Gasteiger partial charge on any atom is 0.255 e. The first-order valence-corrected chi connectivity index (χ1v) is 8.00. The number of rotatable bonds is 3. The molecule has 1 atom stereocenters. The van der Waals surface area contributed by atoms with Crippen molar-refractivity contribution >= 4 is 37.8 Å². The predicted molar refractivity (Wildman–Crippen MR) is 90.5 cm³/mol. The Morgan fingerprint density at radius 3 is 2.38 bits per heavy atom. The number of phenolic OH excluding ortho intramolecular Hbond substituents is 1. The summed E-state index contributed by atoms with van der Waals surface area (Å²) in [6, 6.07) is 12.3. The number of nitrogens with zero attached hydrogens (tertiary/aromatic N) is 1. The molecule has 0 aromatic heterocycles. The highest BCUT2D eigenvalue weighted by Crippen LogP contribution is 2.27. The largest absolute Gasteiger partial charge is 0.508 e. The molecule has 110 valence electrons. The van der Waals surface area contributed by atoms with Gasteiger partial charge in [0.1, 0.15) is 5.75 Å². The summed E-state index contributed by atoms with van der Waals surface area (Å²) in [6.45, 7) is 1.95. The lowest BCUT2D eigenvalue weighted by Crippen LogP contribution is -2.29. The van der Waals surface area contributed by atoms with E-state index < -0.39 is 0 Å². The van der Waals surface area contributed by atoms with Crippen molar-refractivity contribution < 1.29 is 9.90 Å². The number of benzene rings is 2. The van der Waals surface area contributed by atoms with Crippen LogP contribution in [0.25, 0.3) is 0 Å². The smallest absolute Gasteiger partial charge is 0.255 e. The number of amides is 1. The maximum absolute atomic E-state index is 12.6. The Labute approximate surface area is 140 Å². The van der Waals surface area contributed by atoms with Crippen LogP contribution in [0.15, 0.2) is 51.4 Å². The van der Waals surface area contributed by atoms with Gasteiger partial charge in [-0.3, -0.25) is 4.79 Å². The standard InChI is InChI=1S/C16H15Br2NO2/c1-10(11-3-6-13(20)7-4-11)19(2)16(21)14-9-12(17)5-8-15(14)18/h3-10,20H,1-2H3. The molecule has 2 rings (SSSR count). The normalized spacial score (nSPS) is 12.0. The van der Waals surface area contributed by atoms with E-state index in [1.54, 1.807) is 30.1 Å². The number of carbonyl (C=O) groups excluding carboxylic acids is 1. The Balaban J connectivity index is 2.26. The second-order valence-corrected chi connectivity index (χ2v) is 6.58. The summed E-state index contributed by atoms with van der Waals surface area (Å²) in [5.41, 5.74) is 1.58. The average Bonchev–Trinajstić information content (AvgIpc) is 2.48. The Morgan fingerprint density at radius 2 is 1.76 bits per heavy atom. The van der Waals surface area contributed by atoms with Crippen LogP contribution in [0.5, 0.6) is 5.75 Å². The summed E-state index contributed by atoms with van der Waals surface area (Å²) in [7, 11) is 1.77. The van der Waals surface area contributed by atoms with Gasteiger partial charge in [0.25, 0.3) is 5.91 Å². The van der Waals surface area contributed by atoms with Gasteiger partial charge in [0.2, 0.25) is 0 Å². The summed E-state index contributed by atoms with van der Waals surface area (Å²) in [4.78, 5) is 14.3. The van der Waals surface area contributed by atoms with Crippen molar-refractivity contribution in [3.05, 3.63) is 62.5 Å². The highest BCUT2D eigenvalue weighted by Gasteiger charge is 2.21. The molecule has 0 saturated carbocycles. The first-order chi connectivity index (χ1) is 9.90. The van der Waals surface area contributed by atoms with Crippen LogP contribution in [0.1, 0.15) is 28.9 Å². The summed E-state index contributed by atoms with van der Waals surface area (Å²) in [5.74, 6) is 0.151. The van der Waals surface area contributed by atoms with E-state index in [-0.39, 0.29) is 17.7 Å². The van der Waals surface area contributed by atoms with E-state index >= 15 is 0 Å². The Bertz CT molecular complexity index is 656. The maximum atomic E-state index is 12.6. The van der Waals surface area contributed by atoms with E-state index in [9.17, 15) is 9.90 Å². The molecule has 0 saturated heterocycles. The molecular weight excluding hydrogens is 398 g/mol. The summed E-state index contributed by atoms with van der Waals surface area (Å²) in [6.07, 6.45) is 0. The van der Waals surface area contributed by atoms with Gasteiger partial charge in [-0.15, -0.1) is 0 Å². The number of halogens is 2. The van der Waals surface area contributed by atoms with Gasteiger partial charge < -0.3 is 10.0 Å². The van der Waals surface area contributed by atoms with Crippen molar-refractivity contribution in [3.8, 4) is 5.75 Å². The zero-order valence-corrected chi connectivity index (χ0v) is 14.8. The van der Waals surface area contributed by atoms with E-state index in [2.05, 4.69) is 31.9 Å². The van der Waals surface area contributed by atoms with Crippen LogP contribution < -0.4 is 0 Å². The molecule has 0 bridgehead atoms. The summed E-state index contributed by atoms with van der Waals surface area (Å²) < 4.78 is 1.63. The van der Waals surface area contributed by atoms with Crippen LogP contribution in [0, 0.1) is 0 Å². The zero-order chi connectivity index (χ0) is 15.6. The molecule has 0 spiro atoms. The average molecular weight is 413 g/mol. The number of phenols is 1. The van der Waals surface area contributed by atoms with Crippen LogP contribution in [-0.4, -0.2) is 23.0 Å². The zero-order valence-electron chi connectivity index (χ0n) is 11.7. The fourth-order valence-corrected chi connectivity index (χ4v) is 2.78. The second kappa shape index (κ2) is 6.62. The molecule has 5 heteroatoms. The number of hydrogen-bond donors (Lipinski definition) is 1. The monoisotopic (exact) mass is 411 g/mol. The van der Waals surface area contributed by atoms with Crippen LogP contribution in [0.4, 0.5) is 0 Å². The topological polar surface area (TPSA) is 40.5 Å². The van der Waals surface area contributed by atoms with Gasteiger partial charge in [-0.1, -0.05) is 28.1 Å². The first-order valence-electron chi connectivity index (χ1n) is 6.41. The van der Waals surface area contributed by atoms with E-state index in [4.69, 9.17) is 0 Å². The van der Waals surface area contributed by atoms with Gasteiger partial charge in [0.15, 0.2) is 0 Å². The Kier molecular flexibility index (Phi) is 5.06. The van der Waals surface area contributed by atoms with Crippen LogP contribution in [0.3, 0.4) is 0 Å². The molecule has 1 unspecified atom stereocenters. The molecule has 0 aliphatic heterocycles. The van der Waals surface area contributed by atoms with Gasteiger partial charge in [-0.2, -0.15) is 0 Å². The molecule has 0 heterocycles. The van der Waals surface area contributed by atoms with Gasteiger partial charge in [-0.25, -0.2) is 0 Å². The molecular formula is C16H15Br2NO2. The molecule has 2 aromatic carbocycles. The number of aromatic hydroxyl groups is 1. The minimum atomic E-state index is -0.0935. The Morgan fingerprint density at radius 1 is 1.14 bits per heavy atom. The van der Waals surface area contributed by atoms with Crippen molar-refractivity contribution in [2.45, 2.75) is 13.0 Å². The van der Waals surface area contributed by atoms with E-state index in [1.165, 1.54) is 0 Å². The number of carbonyl (C=O) groups is 1. The van der Waals surface area contributed by atoms with Crippen molar-refractivity contribution in [1.82, 2.24) is 4.90 Å². The van der Waals surface area contributed by atoms with E-state index in [0.29, 0.717) is 5.56 Å². The molecule has 1 amide bonds. The lowest BCUT2D eigenvalue weighted by atomic mass is 10.1. The Hall–Kier alpha value is -1.33.